The third-order valence-electron chi connectivity index (χ3n) is 4.05. The summed E-state index contributed by atoms with van der Waals surface area (Å²) >= 11 is 0. The highest BCUT2D eigenvalue weighted by Crippen LogP contribution is 2.15. The summed E-state index contributed by atoms with van der Waals surface area (Å²) in [5, 5.41) is 8.63. The van der Waals surface area contributed by atoms with E-state index in [1.165, 1.54) is 12.8 Å². The van der Waals surface area contributed by atoms with E-state index in [-0.39, 0.29) is 6.04 Å². The maximum atomic E-state index is 6.09. The van der Waals surface area contributed by atoms with Gasteiger partial charge in [0.25, 0.3) is 0 Å². The fraction of sp³-hybridized carbons (Fsp3) is 0.857. The summed E-state index contributed by atoms with van der Waals surface area (Å²) in [6, 6.07) is 0.287. The van der Waals surface area contributed by atoms with Crippen molar-refractivity contribution in [1.82, 2.24) is 19.7 Å². The third-order valence-corrected chi connectivity index (χ3v) is 4.05. The summed E-state index contributed by atoms with van der Waals surface area (Å²) in [4.78, 5) is 2.30. The van der Waals surface area contributed by atoms with Crippen LogP contribution in [0.1, 0.15) is 44.8 Å². The minimum absolute atomic E-state index is 0.287. The molecule has 5 heteroatoms. The Morgan fingerprint density at radius 1 is 1.32 bits per heavy atom. The second-order valence-electron chi connectivity index (χ2n) is 6.08. The fourth-order valence-corrected chi connectivity index (χ4v) is 2.51. The smallest absolute Gasteiger partial charge is 0.147 e. The van der Waals surface area contributed by atoms with Crippen LogP contribution >= 0.6 is 0 Å². The lowest BCUT2D eigenvalue weighted by atomic mass is 10.0. The van der Waals surface area contributed by atoms with E-state index in [1.54, 1.807) is 0 Å². The molecule has 2 heterocycles. The first-order valence-corrected chi connectivity index (χ1v) is 7.43. The first kappa shape index (κ1) is 14.5. The van der Waals surface area contributed by atoms with Gasteiger partial charge >= 0.3 is 0 Å². The molecule has 2 N–H and O–H groups in total. The lowest BCUT2D eigenvalue weighted by Gasteiger charge is -2.22. The molecule has 0 aromatic carbocycles. The molecule has 0 spiro atoms. The summed E-state index contributed by atoms with van der Waals surface area (Å²) in [6.45, 7) is 7.33. The van der Waals surface area contributed by atoms with Crippen LogP contribution in [0, 0.1) is 5.92 Å². The molecule has 1 aromatic rings. The van der Waals surface area contributed by atoms with E-state index in [9.17, 15) is 0 Å². The fourth-order valence-electron chi connectivity index (χ4n) is 2.51. The lowest BCUT2D eigenvalue weighted by Crippen LogP contribution is -2.32. The van der Waals surface area contributed by atoms with Gasteiger partial charge in [0.2, 0.25) is 0 Å². The number of aromatic nitrogens is 3. The van der Waals surface area contributed by atoms with Crippen LogP contribution in [-0.2, 0) is 19.5 Å². The number of hydrogen-bond acceptors (Lipinski definition) is 4. The maximum absolute atomic E-state index is 6.09. The van der Waals surface area contributed by atoms with E-state index in [0.717, 1.165) is 44.1 Å². The highest BCUT2D eigenvalue weighted by Gasteiger charge is 2.17. The molecule has 0 saturated carbocycles. The SMILES string of the molecule is CC(C)C(N)CCN(C)Cc1nnc2n1CCCC2. The van der Waals surface area contributed by atoms with Gasteiger partial charge in [-0.15, -0.1) is 10.2 Å². The Bertz CT molecular complexity index is 399. The first-order valence-electron chi connectivity index (χ1n) is 7.43. The molecule has 1 unspecified atom stereocenters. The number of fused-ring (bicyclic) bond motifs is 1. The van der Waals surface area contributed by atoms with Crippen molar-refractivity contribution in [1.29, 1.82) is 0 Å². The zero-order valence-corrected chi connectivity index (χ0v) is 12.5. The van der Waals surface area contributed by atoms with Crippen LogP contribution < -0.4 is 5.73 Å². The molecule has 1 aliphatic rings. The minimum Gasteiger partial charge on any atom is -0.327 e. The van der Waals surface area contributed by atoms with Gasteiger partial charge in [0.1, 0.15) is 11.6 Å². The Labute approximate surface area is 116 Å². The average molecular weight is 265 g/mol. The van der Waals surface area contributed by atoms with E-state index >= 15 is 0 Å². The van der Waals surface area contributed by atoms with Gasteiger partial charge in [-0.25, -0.2) is 0 Å². The highest BCUT2D eigenvalue weighted by atomic mass is 15.3. The Morgan fingerprint density at radius 3 is 2.84 bits per heavy atom. The van der Waals surface area contributed by atoms with Crippen molar-refractivity contribution < 1.29 is 0 Å². The summed E-state index contributed by atoms with van der Waals surface area (Å²) < 4.78 is 2.29. The second-order valence-corrected chi connectivity index (χ2v) is 6.08. The van der Waals surface area contributed by atoms with E-state index in [0.29, 0.717) is 5.92 Å². The van der Waals surface area contributed by atoms with E-state index in [2.05, 4.69) is 40.6 Å². The normalized spacial score (nSPS) is 16.9. The third kappa shape index (κ3) is 3.76. The molecule has 0 amide bonds. The lowest BCUT2D eigenvalue weighted by molar-refractivity contribution is 0.284. The molecule has 0 aliphatic carbocycles. The minimum atomic E-state index is 0.287. The van der Waals surface area contributed by atoms with E-state index in [1.807, 2.05) is 0 Å². The van der Waals surface area contributed by atoms with Crippen LogP contribution in [0.3, 0.4) is 0 Å². The Morgan fingerprint density at radius 2 is 2.11 bits per heavy atom. The second kappa shape index (κ2) is 6.48. The van der Waals surface area contributed by atoms with Crippen molar-refractivity contribution in [2.45, 2.75) is 58.7 Å². The van der Waals surface area contributed by atoms with Gasteiger partial charge in [-0.1, -0.05) is 13.8 Å². The van der Waals surface area contributed by atoms with Gasteiger partial charge in [-0.2, -0.15) is 0 Å². The van der Waals surface area contributed by atoms with Gasteiger partial charge in [0.15, 0.2) is 0 Å². The van der Waals surface area contributed by atoms with Crippen LogP contribution in [0.25, 0.3) is 0 Å². The molecule has 1 atom stereocenters. The monoisotopic (exact) mass is 265 g/mol. The van der Waals surface area contributed by atoms with Gasteiger partial charge in [0.05, 0.1) is 6.54 Å². The van der Waals surface area contributed by atoms with Crippen LogP contribution in [0.4, 0.5) is 0 Å². The Balaban J connectivity index is 1.85. The van der Waals surface area contributed by atoms with Gasteiger partial charge in [-0.3, -0.25) is 4.90 Å². The number of nitrogens with zero attached hydrogens (tertiary/aromatic N) is 4. The van der Waals surface area contributed by atoms with E-state index in [4.69, 9.17) is 5.73 Å². The molecule has 5 nitrogen and oxygen atoms in total. The van der Waals surface area contributed by atoms with Gasteiger partial charge < -0.3 is 10.3 Å². The van der Waals surface area contributed by atoms with E-state index < -0.39 is 0 Å². The predicted molar refractivity (Wildman–Crippen MR) is 76.7 cm³/mol. The van der Waals surface area contributed by atoms with Crippen molar-refractivity contribution in [3.63, 3.8) is 0 Å². The standard InChI is InChI=1S/C14H27N5/c1-11(2)12(15)7-9-18(3)10-14-17-16-13-6-4-5-8-19(13)14/h11-12H,4-10,15H2,1-3H3. The molecular weight excluding hydrogens is 238 g/mol. The van der Waals surface area contributed by atoms with Crippen molar-refractivity contribution in [2.24, 2.45) is 11.7 Å². The van der Waals surface area contributed by atoms with Crippen molar-refractivity contribution in [3.8, 4) is 0 Å². The zero-order valence-electron chi connectivity index (χ0n) is 12.5. The van der Waals surface area contributed by atoms with Gasteiger partial charge in [-0.05, 0) is 38.8 Å². The summed E-state index contributed by atoms with van der Waals surface area (Å²) in [5.41, 5.74) is 6.09. The van der Waals surface area contributed by atoms with Crippen LogP contribution in [0.5, 0.6) is 0 Å². The predicted octanol–water partition coefficient (Wildman–Crippen LogP) is 1.42. The topological polar surface area (TPSA) is 60.0 Å². The molecule has 0 fully saturated rings. The molecule has 2 rings (SSSR count). The average Bonchev–Trinajstić information content (AvgIpc) is 2.79. The molecule has 19 heavy (non-hydrogen) atoms. The van der Waals surface area contributed by atoms with Gasteiger partial charge in [0, 0.05) is 19.0 Å². The van der Waals surface area contributed by atoms with Crippen LogP contribution in [-0.4, -0.2) is 39.3 Å². The maximum Gasteiger partial charge on any atom is 0.147 e. The highest BCUT2D eigenvalue weighted by molar-refractivity contribution is 4.98. The summed E-state index contributed by atoms with van der Waals surface area (Å²) in [7, 11) is 2.14. The van der Waals surface area contributed by atoms with Crippen molar-refractivity contribution in [2.75, 3.05) is 13.6 Å². The number of hydrogen-bond donors (Lipinski definition) is 1. The molecule has 0 radical (unpaired) electrons. The summed E-state index contributed by atoms with van der Waals surface area (Å²) in [6.07, 6.45) is 4.61. The van der Waals surface area contributed by atoms with Crippen molar-refractivity contribution >= 4 is 0 Å². The number of rotatable bonds is 6. The molecule has 1 aromatic heterocycles. The zero-order chi connectivity index (χ0) is 13.8. The van der Waals surface area contributed by atoms with Crippen LogP contribution in [0.15, 0.2) is 0 Å². The quantitative estimate of drug-likeness (QED) is 0.845. The first-order chi connectivity index (χ1) is 9.08. The molecular formula is C14H27N5. The molecule has 108 valence electrons. The number of nitrogens with two attached hydrogens (primary N) is 1. The summed E-state index contributed by atoms with van der Waals surface area (Å²) in [5.74, 6) is 2.82. The molecule has 0 bridgehead atoms. The molecule has 0 saturated heterocycles. The van der Waals surface area contributed by atoms with Crippen molar-refractivity contribution in [3.05, 3.63) is 11.6 Å². The molecule has 1 aliphatic heterocycles. The van der Waals surface area contributed by atoms with Crippen LogP contribution in [0.2, 0.25) is 0 Å². The Kier molecular flexibility index (Phi) is 4.93. The Hall–Kier alpha value is -0.940. The largest absolute Gasteiger partial charge is 0.327 e. The number of aryl methyl sites for hydroxylation is 1.